The Morgan fingerprint density at radius 2 is 1.33 bits per heavy atom. The number of quaternary nitrogens is 1. The molecule has 0 aromatic heterocycles. The summed E-state index contributed by atoms with van der Waals surface area (Å²) in [6, 6.07) is 15.6. The highest BCUT2D eigenvalue weighted by Crippen LogP contribution is 2.21. The van der Waals surface area contributed by atoms with E-state index in [2.05, 4.69) is 27.2 Å². The molecule has 0 aliphatic carbocycles. The van der Waals surface area contributed by atoms with Gasteiger partial charge in [0.1, 0.15) is 5.75 Å². The first kappa shape index (κ1) is 20.5. The van der Waals surface area contributed by atoms with Crippen molar-refractivity contribution in [1.82, 2.24) is 0 Å². The topological polar surface area (TPSA) is 60.3 Å². The Morgan fingerprint density at radius 3 is 1.93 bits per heavy atom. The van der Waals surface area contributed by atoms with Crippen LogP contribution in [0.3, 0.4) is 0 Å². The number of amides is 1. The van der Waals surface area contributed by atoms with Crippen LogP contribution in [0, 0.1) is 0 Å². The Hall–Kier alpha value is -2.73. The van der Waals surface area contributed by atoms with Crippen LogP contribution in [-0.4, -0.2) is 56.8 Å². The molecule has 2 saturated heterocycles. The van der Waals surface area contributed by atoms with Gasteiger partial charge in [0.2, 0.25) is 0 Å². The number of anilines is 3. The molecule has 0 atom stereocenters. The second-order valence-electron chi connectivity index (χ2n) is 8.43. The minimum absolute atomic E-state index is 0.0746. The van der Waals surface area contributed by atoms with Crippen LogP contribution in [0.4, 0.5) is 17.1 Å². The summed E-state index contributed by atoms with van der Waals surface area (Å²) in [5, 5.41) is 12.5. The number of phenolic OH excluding ortho intramolecular Hbond substituents is 1. The fraction of sp³-hybridized carbons (Fsp3) is 0.458. The SMILES string of the molecule is O=C(C[NH+]1CCN(c2ccc(O)cc2)CC1)Nc1ccc(N2CCCCCC2)cc1. The molecule has 0 bridgehead atoms. The van der Waals surface area contributed by atoms with E-state index in [0.29, 0.717) is 12.3 Å². The smallest absolute Gasteiger partial charge is 0.279 e. The maximum atomic E-state index is 12.5. The number of hydrogen-bond acceptors (Lipinski definition) is 4. The van der Waals surface area contributed by atoms with E-state index >= 15 is 0 Å². The lowest BCUT2D eigenvalue weighted by molar-refractivity contribution is -0.892. The third kappa shape index (κ3) is 5.45. The number of aromatic hydroxyl groups is 1. The van der Waals surface area contributed by atoms with Crippen LogP contribution >= 0.6 is 0 Å². The maximum absolute atomic E-state index is 12.5. The van der Waals surface area contributed by atoms with Crippen molar-refractivity contribution in [2.75, 3.05) is 60.9 Å². The van der Waals surface area contributed by atoms with Crippen LogP contribution in [0.5, 0.6) is 5.75 Å². The van der Waals surface area contributed by atoms with E-state index in [1.165, 1.54) is 36.3 Å². The molecule has 2 aromatic carbocycles. The zero-order valence-corrected chi connectivity index (χ0v) is 17.6. The van der Waals surface area contributed by atoms with E-state index in [-0.39, 0.29) is 5.91 Å². The Balaban J connectivity index is 1.23. The highest BCUT2D eigenvalue weighted by molar-refractivity contribution is 5.91. The summed E-state index contributed by atoms with van der Waals surface area (Å²) in [6.45, 7) is 6.45. The van der Waals surface area contributed by atoms with Crippen molar-refractivity contribution >= 4 is 23.0 Å². The molecule has 3 N–H and O–H groups in total. The van der Waals surface area contributed by atoms with E-state index in [1.807, 2.05) is 24.3 Å². The Labute approximate surface area is 179 Å². The number of carbonyl (C=O) groups is 1. The van der Waals surface area contributed by atoms with Crippen molar-refractivity contribution in [2.45, 2.75) is 25.7 Å². The molecular formula is C24H33N4O2+. The number of hydrogen-bond donors (Lipinski definition) is 3. The second kappa shape index (κ2) is 9.85. The first-order valence-electron chi connectivity index (χ1n) is 11.2. The first-order chi connectivity index (χ1) is 14.7. The summed E-state index contributed by atoms with van der Waals surface area (Å²) in [5.74, 6) is 0.366. The van der Waals surface area contributed by atoms with Gasteiger partial charge in [-0.25, -0.2) is 0 Å². The molecule has 2 aromatic rings. The minimum Gasteiger partial charge on any atom is -0.508 e. The van der Waals surface area contributed by atoms with Crippen molar-refractivity contribution in [3.8, 4) is 5.75 Å². The third-order valence-corrected chi connectivity index (χ3v) is 6.22. The number of piperazine rings is 1. The summed E-state index contributed by atoms with van der Waals surface area (Å²) in [6.07, 6.45) is 5.19. The van der Waals surface area contributed by atoms with Crippen LogP contribution < -0.4 is 20.0 Å². The highest BCUT2D eigenvalue weighted by Gasteiger charge is 2.22. The molecule has 2 heterocycles. The molecule has 0 radical (unpaired) electrons. The molecule has 6 heteroatoms. The van der Waals surface area contributed by atoms with E-state index in [9.17, 15) is 9.90 Å². The molecule has 6 nitrogen and oxygen atoms in total. The van der Waals surface area contributed by atoms with Crippen LogP contribution in [0.25, 0.3) is 0 Å². The Kier molecular flexibility index (Phi) is 6.74. The number of nitrogens with one attached hydrogen (secondary N) is 2. The predicted octanol–water partition coefficient (Wildman–Crippen LogP) is 2.12. The largest absolute Gasteiger partial charge is 0.508 e. The summed E-state index contributed by atoms with van der Waals surface area (Å²) < 4.78 is 0. The molecule has 160 valence electrons. The summed E-state index contributed by atoms with van der Waals surface area (Å²) in [4.78, 5) is 18.6. The Morgan fingerprint density at radius 1 is 0.800 bits per heavy atom. The van der Waals surface area contributed by atoms with E-state index in [1.54, 1.807) is 12.1 Å². The maximum Gasteiger partial charge on any atom is 0.279 e. The van der Waals surface area contributed by atoms with Gasteiger partial charge >= 0.3 is 0 Å². The predicted molar refractivity (Wildman–Crippen MR) is 122 cm³/mol. The van der Waals surface area contributed by atoms with Crippen molar-refractivity contribution in [1.29, 1.82) is 0 Å². The lowest BCUT2D eigenvalue weighted by atomic mass is 10.2. The zero-order valence-electron chi connectivity index (χ0n) is 17.6. The summed E-state index contributed by atoms with van der Waals surface area (Å²) in [7, 11) is 0. The molecule has 30 heavy (non-hydrogen) atoms. The first-order valence-corrected chi connectivity index (χ1v) is 11.2. The summed E-state index contributed by atoms with van der Waals surface area (Å²) >= 11 is 0. The van der Waals surface area contributed by atoms with Crippen LogP contribution in [0.2, 0.25) is 0 Å². The quantitative estimate of drug-likeness (QED) is 0.708. The normalized spacial score (nSPS) is 18.1. The molecule has 2 fully saturated rings. The van der Waals surface area contributed by atoms with Gasteiger partial charge in [-0.15, -0.1) is 0 Å². The molecule has 0 saturated carbocycles. The van der Waals surface area contributed by atoms with Crippen molar-refractivity contribution < 1.29 is 14.8 Å². The van der Waals surface area contributed by atoms with E-state index < -0.39 is 0 Å². The number of benzene rings is 2. The number of phenols is 1. The van der Waals surface area contributed by atoms with Gasteiger partial charge in [0.05, 0.1) is 26.2 Å². The fourth-order valence-corrected chi connectivity index (χ4v) is 4.44. The second-order valence-corrected chi connectivity index (χ2v) is 8.43. The van der Waals surface area contributed by atoms with E-state index in [0.717, 1.165) is 50.6 Å². The minimum atomic E-state index is 0.0746. The van der Waals surface area contributed by atoms with Gasteiger partial charge < -0.3 is 25.1 Å². The van der Waals surface area contributed by atoms with Gasteiger partial charge in [-0.3, -0.25) is 4.79 Å². The molecule has 0 unspecified atom stereocenters. The van der Waals surface area contributed by atoms with Gasteiger partial charge in [-0.2, -0.15) is 0 Å². The van der Waals surface area contributed by atoms with E-state index in [4.69, 9.17) is 0 Å². The lowest BCUT2D eigenvalue weighted by Crippen LogP contribution is -3.15. The van der Waals surface area contributed by atoms with Gasteiger partial charge in [0, 0.05) is 30.2 Å². The lowest BCUT2D eigenvalue weighted by Gasteiger charge is -2.33. The standard InChI is InChI=1S/C24H32N4O2/c29-23-11-9-22(10-12-23)28-17-15-26(16-18-28)19-24(30)25-20-5-7-21(8-6-20)27-13-3-1-2-4-14-27/h5-12,29H,1-4,13-19H2,(H,25,30)/p+1. The number of nitrogens with zero attached hydrogens (tertiary/aromatic N) is 2. The average molecular weight is 410 g/mol. The van der Waals surface area contributed by atoms with Gasteiger partial charge in [-0.1, -0.05) is 12.8 Å². The molecule has 2 aliphatic heterocycles. The molecule has 1 amide bonds. The number of carbonyl (C=O) groups excluding carboxylic acids is 1. The van der Waals surface area contributed by atoms with Crippen molar-refractivity contribution in [3.05, 3.63) is 48.5 Å². The van der Waals surface area contributed by atoms with Crippen LogP contribution in [0.1, 0.15) is 25.7 Å². The average Bonchev–Trinajstić information content (AvgIpc) is 3.05. The molecule has 4 rings (SSSR count). The molecular weight excluding hydrogens is 376 g/mol. The molecule has 0 spiro atoms. The third-order valence-electron chi connectivity index (χ3n) is 6.22. The Bertz CT molecular complexity index is 806. The van der Waals surface area contributed by atoms with Crippen LogP contribution in [-0.2, 0) is 4.79 Å². The van der Waals surface area contributed by atoms with Gasteiger partial charge in [0.25, 0.3) is 5.91 Å². The fourth-order valence-electron chi connectivity index (χ4n) is 4.44. The van der Waals surface area contributed by atoms with Gasteiger partial charge in [0.15, 0.2) is 6.54 Å². The summed E-state index contributed by atoms with van der Waals surface area (Å²) in [5.41, 5.74) is 3.26. The van der Waals surface area contributed by atoms with Crippen molar-refractivity contribution in [2.24, 2.45) is 0 Å². The zero-order chi connectivity index (χ0) is 20.8. The van der Waals surface area contributed by atoms with Gasteiger partial charge in [-0.05, 0) is 61.4 Å². The highest BCUT2D eigenvalue weighted by atomic mass is 16.3. The number of rotatable bonds is 5. The molecule has 2 aliphatic rings. The monoisotopic (exact) mass is 409 g/mol. The van der Waals surface area contributed by atoms with Crippen LogP contribution in [0.15, 0.2) is 48.5 Å². The van der Waals surface area contributed by atoms with Crippen molar-refractivity contribution in [3.63, 3.8) is 0 Å².